The van der Waals surface area contributed by atoms with Crippen LogP contribution in [0.5, 0.6) is 5.75 Å². The highest BCUT2D eigenvalue weighted by Gasteiger charge is 2.22. The van der Waals surface area contributed by atoms with Crippen LogP contribution in [-0.4, -0.2) is 12.0 Å². The Bertz CT molecular complexity index is 339. The molecule has 0 bridgehead atoms. The molecule has 1 aliphatic rings. The van der Waals surface area contributed by atoms with Gasteiger partial charge in [0.15, 0.2) is 0 Å². The Kier molecular flexibility index (Phi) is 5.17. The molecule has 1 aromatic rings. The molecule has 94 valence electrons. The van der Waals surface area contributed by atoms with Gasteiger partial charge in [-0.1, -0.05) is 28.8 Å². The molecule has 2 rings (SSSR count). The minimum Gasteiger partial charge on any atom is -0.494 e. The summed E-state index contributed by atoms with van der Waals surface area (Å²) in [6, 6.07) is 7.98. The lowest BCUT2D eigenvalue weighted by atomic mass is 9.87. The lowest BCUT2D eigenvalue weighted by molar-refractivity contribution is 0.249. The van der Waals surface area contributed by atoms with Crippen molar-refractivity contribution in [2.24, 2.45) is 5.92 Å². The van der Waals surface area contributed by atoms with Gasteiger partial charge < -0.3 is 4.74 Å². The summed E-state index contributed by atoms with van der Waals surface area (Å²) in [4.78, 5) is 0. The number of alkyl halides is 1. The van der Waals surface area contributed by atoms with Crippen LogP contribution in [0.4, 0.5) is 0 Å². The fraction of sp³-hybridized carbons (Fsp3) is 0.571. The molecular weight excluding hydrogens is 300 g/mol. The number of benzene rings is 1. The summed E-state index contributed by atoms with van der Waals surface area (Å²) in [5.41, 5.74) is 0. The molecule has 3 heteroatoms. The monoisotopic (exact) mass is 316 g/mol. The van der Waals surface area contributed by atoms with Crippen LogP contribution >= 0.6 is 27.5 Å². The maximum absolute atomic E-state index is 6.32. The van der Waals surface area contributed by atoms with E-state index in [1.165, 1.54) is 25.7 Å². The molecular formula is C14H18BrClO. The molecule has 0 N–H and O–H groups in total. The Morgan fingerprint density at radius 1 is 1.18 bits per heavy atom. The molecule has 0 radical (unpaired) electrons. The molecule has 2 unspecified atom stereocenters. The minimum atomic E-state index is 0.359. The van der Waals surface area contributed by atoms with Crippen molar-refractivity contribution >= 4 is 27.5 Å². The van der Waals surface area contributed by atoms with Crippen LogP contribution in [-0.2, 0) is 0 Å². The zero-order chi connectivity index (χ0) is 12.1. The van der Waals surface area contributed by atoms with Gasteiger partial charge in [0, 0.05) is 9.85 Å². The van der Waals surface area contributed by atoms with Crippen LogP contribution in [0.1, 0.15) is 32.1 Å². The van der Waals surface area contributed by atoms with E-state index in [1.807, 2.05) is 24.3 Å². The van der Waals surface area contributed by atoms with Gasteiger partial charge in [0.2, 0.25) is 0 Å². The molecule has 0 amide bonds. The van der Waals surface area contributed by atoms with Gasteiger partial charge in [-0.15, -0.1) is 11.6 Å². The highest BCUT2D eigenvalue weighted by molar-refractivity contribution is 9.10. The molecule has 0 saturated heterocycles. The van der Waals surface area contributed by atoms with Gasteiger partial charge in [-0.2, -0.15) is 0 Å². The van der Waals surface area contributed by atoms with Gasteiger partial charge in [-0.3, -0.25) is 0 Å². The van der Waals surface area contributed by atoms with Crippen molar-refractivity contribution in [2.75, 3.05) is 6.61 Å². The van der Waals surface area contributed by atoms with Crippen LogP contribution in [0, 0.1) is 5.92 Å². The average molecular weight is 318 g/mol. The first kappa shape index (κ1) is 13.2. The first-order valence-corrected chi connectivity index (χ1v) is 7.51. The zero-order valence-electron chi connectivity index (χ0n) is 9.87. The summed E-state index contributed by atoms with van der Waals surface area (Å²) in [5, 5.41) is 0.359. The van der Waals surface area contributed by atoms with E-state index in [4.69, 9.17) is 16.3 Å². The van der Waals surface area contributed by atoms with Crippen molar-refractivity contribution in [3.05, 3.63) is 28.7 Å². The van der Waals surface area contributed by atoms with E-state index in [0.29, 0.717) is 11.3 Å². The SMILES string of the molecule is ClC1CCCCC1CCOc1ccc(Br)cc1. The molecule has 17 heavy (non-hydrogen) atoms. The second-order valence-electron chi connectivity index (χ2n) is 4.65. The van der Waals surface area contributed by atoms with Crippen molar-refractivity contribution < 1.29 is 4.74 Å². The normalized spacial score (nSPS) is 24.6. The van der Waals surface area contributed by atoms with E-state index < -0.39 is 0 Å². The third-order valence-electron chi connectivity index (χ3n) is 3.39. The standard InChI is InChI=1S/C14H18BrClO/c15-12-5-7-13(8-6-12)17-10-9-11-3-1-2-4-14(11)16/h5-8,11,14H,1-4,9-10H2. The van der Waals surface area contributed by atoms with E-state index in [-0.39, 0.29) is 0 Å². The lowest BCUT2D eigenvalue weighted by Crippen LogP contribution is -2.21. The number of hydrogen-bond donors (Lipinski definition) is 0. The molecule has 0 aromatic heterocycles. The second-order valence-corrected chi connectivity index (χ2v) is 6.13. The first-order valence-electron chi connectivity index (χ1n) is 6.28. The van der Waals surface area contributed by atoms with Gasteiger partial charge in [0.1, 0.15) is 5.75 Å². The van der Waals surface area contributed by atoms with Crippen LogP contribution in [0.2, 0.25) is 0 Å². The van der Waals surface area contributed by atoms with Crippen molar-refractivity contribution in [3.63, 3.8) is 0 Å². The first-order chi connectivity index (χ1) is 8.25. The number of ether oxygens (including phenoxy) is 1. The summed E-state index contributed by atoms with van der Waals surface area (Å²) in [7, 11) is 0. The summed E-state index contributed by atoms with van der Waals surface area (Å²) in [6.07, 6.45) is 6.12. The third-order valence-corrected chi connectivity index (χ3v) is 4.49. The van der Waals surface area contributed by atoms with Crippen molar-refractivity contribution in [1.29, 1.82) is 0 Å². The van der Waals surface area contributed by atoms with Crippen molar-refractivity contribution in [3.8, 4) is 5.75 Å². The molecule has 0 heterocycles. The van der Waals surface area contributed by atoms with Crippen LogP contribution < -0.4 is 4.74 Å². The van der Waals surface area contributed by atoms with Crippen molar-refractivity contribution in [2.45, 2.75) is 37.5 Å². The number of hydrogen-bond acceptors (Lipinski definition) is 1. The molecule has 1 saturated carbocycles. The van der Waals surface area contributed by atoms with Gasteiger partial charge in [0.25, 0.3) is 0 Å². The van der Waals surface area contributed by atoms with E-state index in [9.17, 15) is 0 Å². The van der Waals surface area contributed by atoms with Gasteiger partial charge >= 0.3 is 0 Å². The lowest BCUT2D eigenvalue weighted by Gasteiger charge is -2.26. The zero-order valence-corrected chi connectivity index (χ0v) is 12.2. The topological polar surface area (TPSA) is 9.23 Å². The molecule has 0 aliphatic heterocycles. The predicted octanol–water partition coefficient (Wildman–Crippen LogP) is 5.02. The Hall–Kier alpha value is -0.210. The smallest absolute Gasteiger partial charge is 0.119 e. The minimum absolute atomic E-state index is 0.359. The molecule has 1 fully saturated rings. The third kappa shape index (κ3) is 4.18. The largest absolute Gasteiger partial charge is 0.494 e. The maximum Gasteiger partial charge on any atom is 0.119 e. The maximum atomic E-state index is 6.32. The van der Waals surface area contributed by atoms with E-state index >= 15 is 0 Å². The van der Waals surface area contributed by atoms with Crippen LogP contribution in [0.3, 0.4) is 0 Å². The summed E-state index contributed by atoms with van der Waals surface area (Å²) in [5.74, 6) is 1.58. The Balaban J connectivity index is 1.73. The molecule has 1 aromatic carbocycles. The van der Waals surface area contributed by atoms with E-state index in [2.05, 4.69) is 15.9 Å². The summed E-state index contributed by atoms with van der Waals surface area (Å²) >= 11 is 9.73. The van der Waals surface area contributed by atoms with Gasteiger partial charge in [-0.05, 0) is 49.4 Å². The van der Waals surface area contributed by atoms with E-state index in [0.717, 1.165) is 23.2 Å². The summed E-state index contributed by atoms with van der Waals surface area (Å²) < 4.78 is 6.81. The molecule has 2 atom stereocenters. The Morgan fingerprint density at radius 2 is 1.88 bits per heavy atom. The second kappa shape index (κ2) is 6.65. The number of halogens is 2. The highest BCUT2D eigenvalue weighted by Crippen LogP contribution is 2.31. The molecule has 0 spiro atoms. The summed E-state index contributed by atoms with van der Waals surface area (Å²) in [6.45, 7) is 0.773. The highest BCUT2D eigenvalue weighted by atomic mass is 79.9. The Morgan fingerprint density at radius 3 is 2.59 bits per heavy atom. The Labute approximate surface area is 117 Å². The van der Waals surface area contributed by atoms with Gasteiger partial charge in [-0.25, -0.2) is 0 Å². The van der Waals surface area contributed by atoms with Crippen LogP contribution in [0.15, 0.2) is 28.7 Å². The predicted molar refractivity (Wildman–Crippen MR) is 75.9 cm³/mol. The fourth-order valence-corrected chi connectivity index (χ4v) is 3.02. The quantitative estimate of drug-likeness (QED) is 0.709. The average Bonchev–Trinajstić information content (AvgIpc) is 2.34. The van der Waals surface area contributed by atoms with Crippen LogP contribution in [0.25, 0.3) is 0 Å². The van der Waals surface area contributed by atoms with Gasteiger partial charge in [0.05, 0.1) is 6.61 Å². The fourth-order valence-electron chi connectivity index (χ4n) is 2.35. The van der Waals surface area contributed by atoms with Crippen molar-refractivity contribution in [1.82, 2.24) is 0 Å². The molecule has 1 nitrogen and oxygen atoms in total. The molecule has 1 aliphatic carbocycles. The number of rotatable bonds is 4. The van der Waals surface area contributed by atoms with E-state index in [1.54, 1.807) is 0 Å².